The molecule has 0 amide bonds. The van der Waals surface area contributed by atoms with E-state index < -0.39 is 0 Å². The van der Waals surface area contributed by atoms with Gasteiger partial charge in [-0.1, -0.05) is 11.6 Å². The van der Waals surface area contributed by atoms with Crippen LogP contribution in [0.25, 0.3) is 11.3 Å². The van der Waals surface area contributed by atoms with Crippen LogP contribution in [0.15, 0.2) is 29.1 Å². The smallest absolute Gasteiger partial charge is 0.120 e. The van der Waals surface area contributed by atoms with Crippen molar-refractivity contribution in [2.45, 2.75) is 6.92 Å². The SMILES string of the molecule is CCOc1ccc(-c2cscn2)c(Cl)c1. The zero-order valence-corrected chi connectivity index (χ0v) is 9.81. The van der Waals surface area contributed by atoms with Crippen LogP contribution < -0.4 is 4.74 Å². The van der Waals surface area contributed by atoms with Gasteiger partial charge in [0.15, 0.2) is 0 Å². The van der Waals surface area contributed by atoms with Crippen LogP contribution in [-0.2, 0) is 0 Å². The molecule has 1 aromatic heterocycles. The van der Waals surface area contributed by atoms with E-state index in [1.807, 2.05) is 30.5 Å². The van der Waals surface area contributed by atoms with E-state index in [1.54, 1.807) is 16.8 Å². The number of rotatable bonds is 3. The third-order valence-electron chi connectivity index (χ3n) is 1.96. The highest BCUT2D eigenvalue weighted by Gasteiger charge is 2.06. The Balaban J connectivity index is 2.35. The van der Waals surface area contributed by atoms with Crippen LogP contribution >= 0.6 is 22.9 Å². The minimum atomic E-state index is 0.645. The molecule has 4 heteroatoms. The minimum absolute atomic E-state index is 0.645. The van der Waals surface area contributed by atoms with E-state index in [2.05, 4.69) is 4.98 Å². The third kappa shape index (κ3) is 2.30. The van der Waals surface area contributed by atoms with E-state index in [-0.39, 0.29) is 0 Å². The second-order valence-corrected chi connectivity index (χ2v) is 4.07. The number of benzene rings is 1. The molecule has 0 spiro atoms. The maximum Gasteiger partial charge on any atom is 0.120 e. The summed E-state index contributed by atoms with van der Waals surface area (Å²) in [5, 5.41) is 2.65. The van der Waals surface area contributed by atoms with Gasteiger partial charge in [0.2, 0.25) is 0 Å². The molecule has 0 saturated heterocycles. The van der Waals surface area contributed by atoms with E-state index in [9.17, 15) is 0 Å². The molecule has 15 heavy (non-hydrogen) atoms. The number of thiazole rings is 1. The molecule has 78 valence electrons. The normalized spacial score (nSPS) is 10.3. The first-order valence-electron chi connectivity index (χ1n) is 4.62. The Bertz CT molecular complexity index is 442. The third-order valence-corrected chi connectivity index (χ3v) is 2.86. The minimum Gasteiger partial charge on any atom is -0.494 e. The lowest BCUT2D eigenvalue weighted by Gasteiger charge is -2.05. The van der Waals surface area contributed by atoms with Gasteiger partial charge in [0.25, 0.3) is 0 Å². The number of aromatic nitrogens is 1. The van der Waals surface area contributed by atoms with Gasteiger partial charge in [-0.15, -0.1) is 11.3 Å². The lowest BCUT2D eigenvalue weighted by atomic mass is 10.2. The topological polar surface area (TPSA) is 22.1 Å². The van der Waals surface area contributed by atoms with Crippen molar-refractivity contribution in [1.29, 1.82) is 0 Å². The zero-order chi connectivity index (χ0) is 10.7. The second kappa shape index (κ2) is 4.64. The predicted octanol–water partition coefficient (Wildman–Crippen LogP) is 3.86. The Morgan fingerprint density at radius 1 is 1.47 bits per heavy atom. The molecule has 2 aromatic rings. The molecule has 0 saturated carbocycles. The van der Waals surface area contributed by atoms with Crippen LogP contribution in [0.4, 0.5) is 0 Å². The molecule has 0 fully saturated rings. The number of nitrogens with zero attached hydrogens (tertiary/aromatic N) is 1. The monoisotopic (exact) mass is 239 g/mol. The van der Waals surface area contributed by atoms with Gasteiger partial charge >= 0.3 is 0 Å². The van der Waals surface area contributed by atoms with Crippen LogP contribution in [0.5, 0.6) is 5.75 Å². The zero-order valence-electron chi connectivity index (χ0n) is 8.24. The largest absolute Gasteiger partial charge is 0.494 e. The standard InChI is InChI=1S/C11H10ClNOS/c1-2-14-8-3-4-9(10(12)5-8)11-6-15-7-13-11/h3-7H,2H2,1H3. The predicted molar refractivity (Wildman–Crippen MR) is 63.7 cm³/mol. The molecule has 0 aliphatic carbocycles. The van der Waals surface area contributed by atoms with Gasteiger partial charge in [0.1, 0.15) is 5.75 Å². The Hall–Kier alpha value is -1.06. The molecular weight excluding hydrogens is 230 g/mol. The number of hydrogen-bond acceptors (Lipinski definition) is 3. The summed E-state index contributed by atoms with van der Waals surface area (Å²) in [5.41, 5.74) is 3.65. The Labute approximate surface area is 97.5 Å². The lowest BCUT2D eigenvalue weighted by Crippen LogP contribution is -1.91. The molecule has 0 bridgehead atoms. The summed E-state index contributed by atoms with van der Waals surface area (Å²) >= 11 is 7.70. The van der Waals surface area contributed by atoms with E-state index in [0.29, 0.717) is 11.6 Å². The molecule has 0 aliphatic heterocycles. The molecule has 0 atom stereocenters. The number of hydrogen-bond donors (Lipinski definition) is 0. The van der Waals surface area contributed by atoms with Crippen molar-refractivity contribution in [3.63, 3.8) is 0 Å². The molecule has 2 rings (SSSR count). The molecule has 1 heterocycles. The first-order chi connectivity index (χ1) is 7.31. The van der Waals surface area contributed by atoms with Crippen LogP contribution in [0.1, 0.15) is 6.92 Å². The van der Waals surface area contributed by atoms with Crippen molar-refractivity contribution < 1.29 is 4.74 Å². The first kappa shape index (κ1) is 10.5. The highest BCUT2D eigenvalue weighted by molar-refractivity contribution is 7.07. The van der Waals surface area contributed by atoms with Crippen molar-refractivity contribution in [2.24, 2.45) is 0 Å². The highest BCUT2D eigenvalue weighted by Crippen LogP contribution is 2.30. The summed E-state index contributed by atoms with van der Waals surface area (Å²) in [7, 11) is 0. The van der Waals surface area contributed by atoms with Gasteiger partial charge in [-0.3, -0.25) is 0 Å². The summed E-state index contributed by atoms with van der Waals surface area (Å²) in [5.74, 6) is 0.793. The summed E-state index contributed by atoms with van der Waals surface area (Å²) in [4.78, 5) is 4.22. The van der Waals surface area contributed by atoms with Crippen molar-refractivity contribution >= 4 is 22.9 Å². The van der Waals surface area contributed by atoms with E-state index in [0.717, 1.165) is 17.0 Å². The van der Waals surface area contributed by atoms with Gasteiger partial charge < -0.3 is 4.74 Å². The Morgan fingerprint density at radius 2 is 2.33 bits per heavy atom. The molecule has 0 aliphatic rings. The average molecular weight is 240 g/mol. The molecule has 0 unspecified atom stereocenters. The van der Waals surface area contributed by atoms with Crippen LogP contribution in [0.2, 0.25) is 5.02 Å². The van der Waals surface area contributed by atoms with Gasteiger partial charge in [-0.25, -0.2) is 4.98 Å². The Morgan fingerprint density at radius 3 is 2.93 bits per heavy atom. The molecular formula is C11H10ClNOS. The first-order valence-corrected chi connectivity index (χ1v) is 5.94. The quantitative estimate of drug-likeness (QED) is 0.812. The van der Waals surface area contributed by atoms with Gasteiger partial charge in [0, 0.05) is 10.9 Å². The number of ether oxygens (including phenoxy) is 1. The molecule has 2 nitrogen and oxygen atoms in total. The van der Waals surface area contributed by atoms with E-state index in [1.165, 1.54) is 0 Å². The van der Waals surface area contributed by atoms with Crippen molar-refractivity contribution in [1.82, 2.24) is 4.98 Å². The molecule has 0 radical (unpaired) electrons. The van der Waals surface area contributed by atoms with Crippen molar-refractivity contribution in [2.75, 3.05) is 6.61 Å². The lowest BCUT2D eigenvalue weighted by molar-refractivity contribution is 0.340. The summed E-state index contributed by atoms with van der Waals surface area (Å²) < 4.78 is 5.36. The number of halogens is 1. The maximum atomic E-state index is 6.14. The van der Waals surface area contributed by atoms with Crippen LogP contribution in [0.3, 0.4) is 0 Å². The van der Waals surface area contributed by atoms with Crippen molar-refractivity contribution in [3.8, 4) is 17.0 Å². The van der Waals surface area contributed by atoms with Gasteiger partial charge in [-0.05, 0) is 25.1 Å². The average Bonchev–Trinajstić information content (AvgIpc) is 2.71. The van der Waals surface area contributed by atoms with Gasteiger partial charge in [-0.2, -0.15) is 0 Å². The van der Waals surface area contributed by atoms with Gasteiger partial charge in [0.05, 0.1) is 22.8 Å². The van der Waals surface area contributed by atoms with Crippen LogP contribution in [-0.4, -0.2) is 11.6 Å². The highest BCUT2D eigenvalue weighted by atomic mass is 35.5. The second-order valence-electron chi connectivity index (χ2n) is 2.95. The fraction of sp³-hybridized carbons (Fsp3) is 0.182. The fourth-order valence-corrected chi connectivity index (χ4v) is 2.12. The molecule has 1 aromatic carbocycles. The van der Waals surface area contributed by atoms with E-state index in [4.69, 9.17) is 16.3 Å². The van der Waals surface area contributed by atoms with E-state index >= 15 is 0 Å². The summed E-state index contributed by atoms with van der Waals surface area (Å²) in [6.45, 7) is 2.59. The summed E-state index contributed by atoms with van der Waals surface area (Å²) in [6, 6.07) is 5.66. The Kier molecular flexibility index (Phi) is 3.23. The summed E-state index contributed by atoms with van der Waals surface area (Å²) in [6.07, 6.45) is 0. The fourth-order valence-electron chi connectivity index (χ4n) is 1.31. The van der Waals surface area contributed by atoms with Crippen LogP contribution in [0, 0.1) is 0 Å². The van der Waals surface area contributed by atoms with Crippen molar-refractivity contribution in [3.05, 3.63) is 34.1 Å². The molecule has 0 N–H and O–H groups in total. The maximum absolute atomic E-state index is 6.14.